The van der Waals surface area contributed by atoms with Gasteiger partial charge in [0.15, 0.2) is 5.82 Å². The molecule has 1 N–H and O–H groups in total. The minimum atomic E-state index is -0.839. The first kappa shape index (κ1) is 12.4. The predicted octanol–water partition coefficient (Wildman–Crippen LogP) is 1.11. The maximum atomic E-state index is 10.3. The topological polar surface area (TPSA) is 85.5 Å². The van der Waals surface area contributed by atoms with Crippen molar-refractivity contribution in [2.45, 2.75) is 31.1 Å². The van der Waals surface area contributed by atoms with Crippen LogP contribution in [0.2, 0.25) is 0 Å². The van der Waals surface area contributed by atoms with Gasteiger partial charge in [-0.25, -0.2) is 0 Å². The lowest BCUT2D eigenvalue weighted by atomic mass is 10.2. The number of thioether (sulfide) groups is 1. The first-order valence-electron chi connectivity index (χ1n) is 5.46. The summed E-state index contributed by atoms with van der Waals surface area (Å²) in [5, 5.41) is 12.3. The molecule has 1 aromatic heterocycles. The monoisotopic (exact) mass is 258 g/mol. The van der Waals surface area contributed by atoms with Gasteiger partial charge in [-0.1, -0.05) is 5.16 Å². The molecule has 1 aliphatic heterocycles. The molecule has 1 fully saturated rings. The highest BCUT2D eigenvalue weighted by Gasteiger charge is 2.19. The molecule has 1 saturated heterocycles. The van der Waals surface area contributed by atoms with E-state index >= 15 is 0 Å². The minimum absolute atomic E-state index is 0.0451. The quantitative estimate of drug-likeness (QED) is 0.817. The summed E-state index contributed by atoms with van der Waals surface area (Å²) in [6.07, 6.45) is 3.00. The minimum Gasteiger partial charge on any atom is -0.481 e. The van der Waals surface area contributed by atoms with Gasteiger partial charge >= 0.3 is 5.97 Å². The second-order valence-electron chi connectivity index (χ2n) is 3.83. The van der Waals surface area contributed by atoms with Crippen molar-refractivity contribution in [2.75, 3.05) is 12.4 Å². The van der Waals surface area contributed by atoms with Crippen LogP contribution in [0.1, 0.15) is 24.6 Å². The first-order valence-corrected chi connectivity index (χ1v) is 6.62. The highest BCUT2D eigenvalue weighted by molar-refractivity contribution is 7.99. The van der Waals surface area contributed by atoms with Crippen LogP contribution >= 0.6 is 11.8 Å². The fourth-order valence-corrected chi connectivity index (χ4v) is 2.23. The van der Waals surface area contributed by atoms with Crippen LogP contribution in [0.5, 0.6) is 0 Å². The number of aliphatic carboxylic acids is 1. The van der Waals surface area contributed by atoms with E-state index in [1.807, 2.05) is 0 Å². The Bertz CT molecular complexity index is 376. The number of ether oxygens (including phenoxy) is 1. The van der Waals surface area contributed by atoms with E-state index in [0.29, 0.717) is 23.9 Å². The molecule has 2 heterocycles. The SMILES string of the molecule is O=C(O)CSCc1nc(CC2CCCO2)no1. The Labute approximate surface area is 103 Å². The van der Waals surface area contributed by atoms with E-state index in [1.165, 1.54) is 11.8 Å². The Balaban J connectivity index is 1.76. The second-order valence-corrected chi connectivity index (χ2v) is 4.82. The molecule has 94 valence electrons. The lowest BCUT2D eigenvalue weighted by Crippen LogP contribution is -2.09. The number of hydrogen-bond donors (Lipinski definition) is 1. The standard InChI is InChI=1S/C10H14N2O4S/c13-10(14)6-17-5-9-11-8(12-16-9)4-7-2-1-3-15-7/h7H,1-6H2,(H,13,14). The summed E-state index contributed by atoms with van der Waals surface area (Å²) in [6, 6.07) is 0. The van der Waals surface area contributed by atoms with E-state index in [4.69, 9.17) is 14.4 Å². The molecule has 0 saturated carbocycles. The van der Waals surface area contributed by atoms with E-state index in [-0.39, 0.29) is 11.9 Å². The van der Waals surface area contributed by atoms with Gasteiger partial charge < -0.3 is 14.4 Å². The summed E-state index contributed by atoms with van der Waals surface area (Å²) in [5.74, 6) is 0.759. The third kappa shape index (κ3) is 4.01. The Morgan fingerprint density at radius 2 is 2.47 bits per heavy atom. The van der Waals surface area contributed by atoms with Crippen LogP contribution < -0.4 is 0 Å². The highest BCUT2D eigenvalue weighted by atomic mass is 32.2. The van der Waals surface area contributed by atoms with Crippen LogP contribution in [0.25, 0.3) is 0 Å². The third-order valence-corrected chi connectivity index (χ3v) is 3.30. The zero-order valence-corrected chi connectivity index (χ0v) is 10.1. The number of carboxylic acid groups (broad SMARTS) is 1. The molecule has 1 atom stereocenters. The van der Waals surface area contributed by atoms with Gasteiger partial charge in [0.25, 0.3) is 0 Å². The number of hydrogen-bond acceptors (Lipinski definition) is 6. The summed E-state index contributed by atoms with van der Waals surface area (Å²) in [6.45, 7) is 0.809. The third-order valence-electron chi connectivity index (χ3n) is 2.40. The molecule has 2 rings (SSSR count). The van der Waals surface area contributed by atoms with E-state index < -0.39 is 5.97 Å². The van der Waals surface area contributed by atoms with Crippen molar-refractivity contribution in [3.8, 4) is 0 Å². The smallest absolute Gasteiger partial charge is 0.313 e. The zero-order valence-electron chi connectivity index (χ0n) is 9.29. The fraction of sp³-hybridized carbons (Fsp3) is 0.700. The molecular weight excluding hydrogens is 244 g/mol. The van der Waals surface area contributed by atoms with Crippen molar-refractivity contribution in [3.63, 3.8) is 0 Å². The normalized spacial score (nSPS) is 19.6. The van der Waals surface area contributed by atoms with Crippen molar-refractivity contribution in [3.05, 3.63) is 11.7 Å². The summed E-state index contributed by atoms with van der Waals surface area (Å²) < 4.78 is 10.5. The number of carboxylic acids is 1. The molecule has 0 amide bonds. The number of carbonyl (C=O) groups is 1. The molecule has 1 aromatic rings. The lowest BCUT2D eigenvalue weighted by molar-refractivity contribution is -0.133. The fourth-order valence-electron chi connectivity index (χ4n) is 1.67. The van der Waals surface area contributed by atoms with Gasteiger partial charge in [-0.2, -0.15) is 4.98 Å². The van der Waals surface area contributed by atoms with E-state index in [1.54, 1.807) is 0 Å². The van der Waals surface area contributed by atoms with E-state index in [9.17, 15) is 4.79 Å². The largest absolute Gasteiger partial charge is 0.481 e. The average Bonchev–Trinajstić information content (AvgIpc) is 2.90. The maximum Gasteiger partial charge on any atom is 0.313 e. The average molecular weight is 258 g/mol. The molecule has 0 radical (unpaired) electrons. The number of aromatic nitrogens is 2. The van der Waals surface area contributed by atoms with Crippen molar-refractivity contribution in [1.82, 2.24) is 10.1 Å². The Hall–Kier alpha value is -1.08. The second kappa shape index (κ2) is 6.02. The van der Waals surface area contributed by atoms with Crippen molar-refractivity contribution in [1.29, 1.82) is 0 Å². The molecule has 0 aromatic carbocycles. The van der Waals surface area contributed by atoms with Crippen molar-refractivity contribution < 1.29 is 19.2 Å². The van der Waals surface area contributed by atoms with Crippen LogP contribution in [-0.4, -0.2) is 39.7 Å². The van der Waals surface area contributed by atoms with Gasteiger partial charge in [-0.15, -0.1) is 11.8 Å². The van der Waals surface area contributed by atoms with Gasteiger partial charge in [0, 0.05) is 13.0 Å². The summed E-state index contributed by atoms with van der Waals surface area (Å²) in [4.78, 5) is 14.5. The van der Waals surface area contributed by atoms with Crippen molar-refractivity contribution >= 4 is 17.7 Å². The molecule has 0 aliphatic carbocycles. The molecule has 7 heteroatoms. The zero-order chi connectivity index (χ0) is 12.1. The van der Waals surface area contributed by atoms with Crippen LogP contribution in [-0.2, 0) is 21.7 Å². The lowest BCUT2D eigenvalue weighted by Gasteiger charge is -2.03. The van der Waals surface area contributed by atoms with E-state index in [0.717, 1.165) is 19.4 Å². The molecule has 1 unspecified atom stereocenters. The highest BCUT2D eigenvalue weighted by Crippen LogP contribution is 2.16. The first-order chi connectivity index (χ1) is 8.24. The Kier molecular flexibility index (Phi) is 4.38. The Morgan fingerprint density at radius 3 is 3.18 bits per heavy atom. The summed E-state index contributed by atoms with van der Waals surface area (Å²) >= 11 is 1.24. The number of rotatable bonds is 6. The maximum absolute atomic E-state index is 10.3. The molecule has 0 bridgehead atoms. The molecule has 6 nitrogen and oxygen atoms in total. The van der Waals surface area contributed by atoms with Gasteiger partial charge in [0.2, 0.25) is 5.89 Å². The molecule has 0 spiro atoms. The molecular formula is C10H14N2O4S. The molecule has 1 aliphatic rings. The van der Waals surface area contributed by atoms with Gasteiger partial charge in [-0.3, -0.25) is 4.79 Å². The van der Waals surface area contributed by atoms with Crippen LogP contribution in [0, 0.1) is 0 Å². The predicted molar refractivity (Wildman–Crippen MR) is 60.8 cm³/mol. The van der Waals surface area contributed by atoms with Gasteiger partial charge in [0.1, 0.15) is 0 Å². The summed E-state index contributed by atoms with van der Waals surface area (Å²) in [7, 11) is 0. The van der Waals surface area contributed by atoms with Crippen LogP contribution in [0.3, 0.4) is 0 Å². The van der Waals surface area contributed by atoms with E-state index in [2.05, 4.69) is 10.1 Å². The molecule has 17 heavy (non-hydrogen) atoms. The van der Waals surface area contributed by atoms with Crippen LogP contribution in [0.4, 0.5) is 0 Å². The van der Waals surface area contributed by atoms with Crippen LogP contribution in [0.15, 0.2) is 4.52 Å². The Morgan fingerprint density at radius 1 is 1.59 bits per heavy atom. The van der Waals surface area contributed by atoms with Crippen molar-refractivity contribution in [2.24, 2.45) is 0 Å². The van der Waals surface area contributed by atoms with Gasteiger partial charge in [0.05, 0.1) is 17.6 Å². The summed E-state index contributed by atoms with van der Waals surface area (Å²) in [5.41, 5.74) is 0. The van der Waals surface area contributed by atoms with Gasteiger partial charge in [-0.05, 0) is 12.8 Å². The number of nitrogens with zero attached hydrogens (tertiary/aromatic N) is 2.